The number of aryl methyl sites for hydroxylation is 3. The van der Waals surface area contributed by atoms with E-state index in [2.05, 4.69) is 28.9 Å². The second-order valence-corrected chi connectivity index (χ2v) is 6.26. The van der Waals surface area contributed by atoms with E-state index in [1.54, 1.807) is 0 Å². The first-order valence-corrected chi connectivity index (χ1v) is 8.58. The number of benzene rings is 2. The van der Waals surface area contributed by atoms with E-state index in [0.717, 1.165) is 52.8 Å². The number of carbonyl (C=O) groups excluding carboxylic acids is 1. The first-order chi connectivity index (χ1) is 11.6. The third kappa shape index (κ3) is 2.94. The lowest BCUT2D eigenvalue weighted by molar-refractivity contribution is 0.101. The van der Waals surface area contributed by atoms with Crippen LogP contribution in [0.2, 0.25) is 0 Å². The molecule has 3 rings (SSSR count). The molecule has 1 amide bonds. The number of carbonyl (C=O) groups is 1. The van der Waals surface area contributed by atoms with E-state index < -0.39 is 0 Å². The molecule has 0 aliphatic heterocycles. The van der Waals surface area contributed by atoms with Crippen LogP contribution in [-0.4, -0.2) is 10.5 Å². The highest BCUT2D eigenvalue weighted by Crippen LogP contribution is 2.27. The topological polar surface area (TPSA) is 34.0 Å². The number of amides is 1. The number of rotatable bonds is 5. The Bertz CT molecular complexity index is 877. The third-order valence-electron chi connectivity index (χ3n) is 4.57. The van der Waals surface area contributed by atoms with E-state index in [1.807, 2.05) is 50.2 Å². The fourth-order valence-electron chi connectivity index (χ4n) is 3.21. The molecule has 3 aromatic rings. The van der Waals surface area contributed by atoms with Gasteiger partial charge in [0.15, 0.2) is 0 Å². The minimum atomic E-state index is -0.0332. The van der Waals surface area contributed by atoms with Crippen LogP contribution in [0.1, 0.15) is 41.4 Å². The molecule has 24 heavy (non-hydrogen) atoms. The number of nitrogens with one attached hydrogen (secondary N) is 1. The van der Waals surface area contributed by atoms with E-state index in [1.165, 1.54) is 0 Å². The van der Waals surface area contributed by atoms with Gasteiger partial charge in [-0.2, -0.15) is 0 Å². The summed E-state index contributed by atoms with van der Waals surface area (Å²) >= 11 is 0. The van der Waals surface area contributed by atoms with Gasteiger partial charge in [0.25, 0.3) is 5.91 Å². The summed E-state index contributed by atoms with van der Waals surface area (Å²) in [5, 5.41) is 4.24. The standard InChI is InChI=1S/C21H24N2O/c1-4-5-14-23-19-13-9-7-11-17(19)16(3)20(23)21(24)22-18-12-8-6-10-15(18)2/h6-13H,4-5,14H2,1-3H3,(H,22,24). The van der Waals surface area contributed by atoms with E-state index in [0.29, 0.717) is 0 Å². The van der Waals surface area contributed by atoms with Crippen LogP contribution in [0, 0.1) is 13.8 Å². The molecule has 0 aliphatic rings. The van der Waals surface area contributed by atoms with E-state index in [4.69, 9.17) is 0 Å². The van der Waals surface area contributed by atoms with Gasteiger partial charge in [-0.25, -0.2) is 0 Å². The van der Waals surface area contributed by atoms with E-state index in [9.17, 15) is 4.79 Å². The van der Waals surface area contributed by atoms with Gasteiger partial charge in [0, 0.05) is 23.1 Å². The van der Waals surface area contributed by atoms with Gasteiger partial charge >= 0.3 is 0 Å². The Morgan fingerprint density at radius 2 is 1.75 bits per heavy atom. The van der Waals surface area contributed by atoms with Crippen LogP contribution < -0.4 is 5.32 Å². The van der Waals surface area contributed by atoms with Crippen LogP contribution in [0.25, 0.3) is 10.9 Å². The molecular formula is C21H24N2O. The Morgan fingerprint density at radius 1 is 1.04 bits per heavy atom. The summed E-state index contributed by atoms with van der Waals surface area (Å²) in [4.78, 5) is 13.0. The van der Waals surface area contributed by atoms with E-state index in [-0.39, 0.29) is 5.91 Å². The molecule has 3 heteroatoms. The predicted molar refractivity (Wildman–Crippen MR) is 101 cm³/mol. The smallest absolute Gasteiger partial charge is 0.272 e. The molecule has 0 fully saturated rings. The van der Waals surface area contributed by atoms with Crippen LogP contribution in [-0.2, 0) is 6.54 Å². The first-order valence-electron chi connectivity index (χ1n) is 8.58. The van der Waals surface area contributed by atoms with E-state index >= 15 is 0 Å². The number of para-hydroxylation sites is 2. The number of anilines is 1. The summed E-state index contributed by atoms with van der Waals surface area (Å²) < 4.78 is 2.17. The molecular weight excluding hydrogens is 296 g/mol. The van der Waals surface area contributed by atoms with Gasteiger partial charge in [0.1, 0.15) is 5.69 Å². The second kappa shape index (κ2) is 6.91. The lowest BCUT2D eigenvalue weighted by atomic mass is 10.1. The Hall–Kier alpha value is -2.55. The van der Waals surface area contributed by atoms with Crippen molar-refractivity contribution in [2.24, 2.45) is 0 Å². The lowest BCUT2D eigenvalue weighted by Gasteiger charge is -2.13. The number of aromatic nitrogens is 1. The van der Waals surface area contributed by atoms with Gasteiger partial charge in [-0.1, -0.05) is 49.7 Å². The Kier molecular flexibility index (Phi) is 4.70. The van der Waals surface area contributed by atoms with Crippen LogP contribution in [0.15, 0.2) is 48.5 Å². The maximum Gasteiger partial charge on any atom is 0.272 e. The van der Waals surface area contributed by atoms with Crippen LogP contribution in [0.4, 0.5) is 5.69 Å². The van der Waals surface area contributed by atoms with Crippen molar-refractivity contribution in [3.8, 4) is 0 Å². The van der Waals surface area contributed by atoms with Crippen LogP contribution in [0.3, 0.4) is 0 Å². The summed E-state index contributed by atoms with van der Waals surface area (Å²) in [6.07, 6.45) is 2.16. The number of fused-ring (bicyclic) bond motifs is 1. The summed E-state index contributed by atoms with van der Waals surface area (Å²) in [7, 11) is 0. The molecule has 0 saturated heterocycles. The number of hydrogen-bond acceptors (Lipinski definition) is 1. The Morgan fingerprint density at radius 3 is 2.50 bits per heavy atom. The van der Waals surface area contributed by atoms with Crippen molar-refractivity contribution in [1.29, 1.82) is 0 Å². The van der Waals surface area contributed by atoms with Crippen molar-refractivity contribution in [3.05, 3.63) is 65.4 Å². The molecule has 124 valence electrons. The van der Waals surface area contributed by atoms with Crippen LogP contribution >= 0.6 is 0 Å². The van der Waals surface area contributed by atoms with Gasteiger partial charge in [-0.15, -0.1) is 0 Å². The summed E-state index contributed by atoms with van der Waals surface area (Å²) in [5.41, 5.74) is 4.90. The average molecular weight is 320 g/mol. The predicted octanol–water partition coefficient (Wildman–Crippen LogP) is 5.31. The Balaban J connectivity index is 2.05. The molecule has 0 unspecified atom stereocenters. The molecule has 0 saturated carbocycles. The first kappa shape index (κ1) is 16.3. The second-order valence-electron chi connectivity index (χ2n) is 6.26. The zero-order valence-electron chi connectivity index (χ0n) is 14.6. The summed E-state index contributed by atoms with van der Waals surface area (Å²) in [6, 6.07) is 16.1. The molecule has 0 bridgehead atoms. The van der Waals surface area contributed by atoms with Crippen molar-refractivity contribution < 1.29 is 4.79 Å². The van der Waals surface area contributed by atoms with Gasteiger partial charge in [0.05, 0.1) is 0 Å². The molecule has 0 atom stereocenters. The van der Waals surface area contributed by atoms with Gasteiger partial charge in [-0.05, 0) is 43.5 Å². The number of unbranched alkanes of at least 4 members (excludes halogenated alkanes) is 1. The molecule has 1 heterocycles. The number of nitrogens with zero attached hydrogens (tertiary/aromatic N) is 1. The van der Waals surface area contributed by atoms with Gasteiger partial charge in [-0.3, -0.25) is 4.79 Å². The zero-order chi connectivity index (χ0) is 17.1. The van der Waals surface area contributed by atoms with Crippen molar-refractivity contribution in [2.45, 2.75) is 40.2 Å². The normalized spacial score (nSPS) is 11.0. The fraction of sp³-hybridized carbons (Fsp3) is 0.286. The van der Waals surface area contributed by atoms with Crippen molar-refractivity contribution in [1.82, 2.24) is 4.57 Å². The van der Waals surface area contributed by atoms with Crippen molar-refractivity contribution in [2.75, 3.05) is 5.32 Å². The molecule has 0 aliphatic carbocycles. The molecule has 1 aromatic heterocycles. The third-order valence-corrected chi connectivity index (χ3v) is 4.57. The highest BCUT2D eigenvalue weighted by atomic mass is 16.2. The Labute approximate surface area is 143 Å². The molecule has 2 aromatic carbocycles. The maximum absolute atomic E-state index is 13.0. The monoisotopic (exact) mass is 320 g/mol. The minimum absolute atomic E-state index is 0.0332. The molecule has 0 radical (unpaired) electrons. The maximum atomic E-state index is 13.0. The van der Waals surface area contributed by atoms with Crippen LogP contribution in [0.5, 0.6) is 0 Å². The fourth-order valence-corrected chi connectivity index (χ4v) is 3.21. The van der Waals surface area contributed by atoms with Gasteiger partial charge in [0.2, 0.25) is 0 Å². The highest BCUT2D eigenvalue weighted by Gasteiger charge is 2.20. The molecule has 1 N–H and O–H groups in total. The van der Waals surface area contributed by atoms with Gasteiger partial charge < -0.3 is 9.88 Å². The van der Waals surface area contributed by atoms with Crippen molar-refractivity contribution >= 4 is 22.5 Å². The largest absolute Gasteiger partial charge is 0.336 e. The molecule has 0 spiro atoms. The summed E-state index contributed by atoms with van der Waals surface area (Å²) in [5.74, 6) is -0.0332. The average Bonchev–Trinajstić information content (AvgIpc) is 2.87. The lowest BCUT2D eigenvalue weighted by Crippen LogP contribution is -2.18. The number of hydrogen-bond donors (Lipinski definition) is 1. The SMILES string of the molecule is CCCCn1c(C(=O)Nc2ccccc2C)c(C)c2ccccc21. The quantitative estimate of drug-likeness (QED) is 0.679. The van der Waals surface area contributed by atoms with Crippen molar-refractivity contribution in [3.63, 3.8) is 0 Å². The highest BCUT2D eigenvalue weighted by molar-refractivity contribution is 6.08. The molecule has 3 nitrogen and oxygen atoms in total. The minimum Gasteiger partial charge on any atom is -0.336 e. The zero-order valence-corrected chi connectivity index (χ0v) is 14.6. The summed E-state index contributed by atoms with van der Waals surface area (Å²) in [6.45, 7) is 7.08.